The molecule has 0 bridgehead atoms. The quantitative estimate of drug-likeness (QED) is 0.911. The summed E-state index contributed by atoms with van der Waals surface area (Å²) in [6.07, 6.45) is 0. The third-order valence-electron chi connectivity index (χ3n) is 2.92. The van der Waals surface area contributed by atoms with Crippen molar-refractivity contribution in [1.29, 1.82) is 0 Å². The van der Waals surface area contributed by atoms with Crippen LogP contribution in [0.5, 0.6) is 0 Å². The van der Waals surface area contributed by atoms with Gasteiger partial charge >= 0.3 is 5.97 Å². The van der Waals surface area contributed by atoms with Crippen molar-refractivity contribution in [3.63, 3.8) is 0 Å². The number of fused-ring (bicyclic) bond motifs is 1. The molecule has 2 rings (SSSR count). The van der Waals surface area contributed by atoms with Crippen molar-refractivity contribution in [2.24, 2.45) is 5.92 Å². The summed E-state index contributed by atoms with van der Waals surface area (Å²) < 4.78 is 13.9. The molecule has 2 N–H and O–H groups in total. The fourth-order valence-electron chi connectivity index (χ4n) is 1.85. The number of thiophene rings is 1. The van der Waals surface area contributed by atoms with Crippen LogP contribution in [0.4, 0.5) is 4.39 Å². The Balaban J connectivity index is 2.25. The summed E-state index contributed by atoms with van der Waals surface area (Å²) in [5.41, 5.74) is 0. The third-order valence-corrected chi connectivity index (χ3v) is 4.04. The van der Waals surface area contributed by atoms with Crippen LogP contribution in [-0.4, -0.2) is 23.0 Å². The number of benzene rings is 1. The minimum atomic E-state index is -1.07. The molecule has 0 unspecified atom stereocenters. The Labute approximate surface area is 119 Å². The van der Waals surface area contributed by atoms with Gasteiger partial charge in [0.05, 0.1) is 4.88 Å². The van der Waals surface area contributed by atoms with Crippen LogP contribution in [0.3, 0.4) is 0 Å². The van der Waals surface area contributed by atoms with E-state index in [-0.39, 0.29) is 11.7 Å². The summed E-state index contributed by atoms with van der Waals surface area (Å²) in [5, 5.41) is 12.2. The van der Waals surface area contributed by atoms with Crippen molar-refractivity contribution in [3.05, 3.63) is 35.0 Å². The largest absolute Gasteiger partial charge is 0.480 e. The third kappa shape index (κ3) is 2.96. The van der Waals surface area contributed by atoms with Crippen LogP contribution < -0.4 is 5.32 Å². The van der Waals surface area contributed by atoms with Crippen LogP contribution in [0.2, 0.25) is 0 Å². The molecule has 106 valence electrons. The van der Waals surface area contributed by atoms with Crippen molar-refractivity contribution >= 4 is 33.3 Å². The standard InChI is InChI=1S/C14H14FNO3S/c1-7(2)12(14(18)19)16-13(17)11-6-8-5-9(15)3-4-10(8)20-11/h3-7,12H,1-2H3,(H,16,17)(H,18,19)/t12-/m1/s1. The lowest BCUT2D eigenvalue weighted by Gasteiger charge is -2.17. The molecule has 1 aromatic carbocycles. The van der Waals surface area contributed by atoms with Gasteiger partial charge in [0.15, 0.2) is 0 Å². The number of nitrogens with one attached hydrogen (secondary N) is 1. The summed E-state index contributed by atoms with van der Waals surface area (Å²) in [6.45, 7) is 3.44. The van der Waals surface area contributed by atoms with Gasteiger partial charge in [0.1, 0.15) is 11.9 Å². The van der Waals surface area contributed by atoms with E-state index in [1.807, 2.05) is 0 Å². The molecule has 0 spiro atoms. The van der Waals surface area contributed by atoms with E-state index in [0.717, 1.165) is 4.70 Å². The Morgan fingerprint density at radius 1 is 1.30 bits per heavy atom. The fraction of sp³-hybridized carbons (Fsp3) is 0.286. The number of hydrogen-bond donors (Lipinski definition) is 2. The maximum atomic E-state index is 13.1. The Kier molecular flexibility index (Phi) is 4.04. The van der Waals surface area contributed by atoms with Gasteiger partial charge in [-0.3, -0.25) is 4.79 Å². The molecule has 1 heterocycles. The molecule has 1 atom stereocenters. The van der Waals surface area contributed by atoms with E-state index in [1.54, 1.807) is 26.0 Å². The van der Waals surface area contributed by atoms with E-state index < -0.39 is 17.9 Å². The SMILES string of the molecule is CC(C)[C@@H](NC(=O)c1cc2cc(F)ccc2s1)C(=O)O. The number of aliphatic carboxylic acids is 1. The highest BCUT2D eigenvalue weighted by Gasteiger charge is 2.24. The van der Waals surface area contributed by atoms with Crippen molar-refractivity contribution < 1.29 is 19.1 Å². The van der Waals surface area contributed by atoms with E-state index in [2.05, 4.69) is 5.32 Å². The number of carboxylic acid groups (broad SMARTS) is 1. The fourth-order valence-corrected chi connectivity index (χ4v) is 2.80. The topological polar surface area (TPSA) is 66.4 Å². The van der Waals surface area contributed by atoms with E-state index in [1.165, 1.54) is 23.5 Å². The molecule has 0 fully saturated rings. The highest BCUT2D eigenvalue weighted by atomic mass is 32.1. The Morgan fingerprint density at radius 3 is 2.60 bits per heavy atom. The predicted octanol–water partition coefficient (Wildman–Crippen LogP) is 2.88. The first-order valence-electron chi connectivity index (χ1n) is 6.11. The minimum absolute atomic E-state index is 0.219. The molecule has 0 saturated heterocycles. The summed E-state index contributed by atoms with van der Waals surface area (Å²) >= 11 is 1.21. The molecule has 0 aliphatic heterocycles. The predicted molar refractivity (Wildman–Crippen MR) is 75.5 cm³/mol. The number of halogens is 1. The molecule has 2 aromatic rings. The molecule has 0 aliphatic carbocycles. The van der Waals surface area contributed by atoms with Gasteiger partial charge in [0.25, 0.3) is 5.91 Å². The number of amides is 1. The summed E-state index contributed by atoms with van der Waals surface area (Å²) in [7, 11) is 0. The zero-order chi connectivity index (χ0) is 14.9. The van der Waals surface area contributed by atoms with Gasteiger partial charge in [-0.2, -0.15) is 0 Å². The second-order valence-electron chi connectivity index (χ2n) is 4.83. The van der Waals surface area contributed by atoms with Crippen molar-refractivity contribution in [1.82, 2.24) is 5.32 Å². The molecule has 0 aliphatic rings. The molecule has 1 aromatic heterocycles. The lowest BCUT2D eigenvalue weighted by molar-refractivity contribution is -0.140. The van der Waals surface area contributed by atoms with Gasteiger partial charge in [0, 0.05) is 4.70 Å². The average molecular weight is 295 g/mol. The molecule has 4 nitrogen and oxygen atoms in total. The van der Waals surface area contributed by atoms with Gasteiger partial charge in [-0.1, -0.05) is 13.8 Å². The van der Waals surface area contributed by atoms with Crippen molar-refractivity contribution in [2.45, 2.75) is 19.9 Å². The van der Waals surface area contributed by atoms with Gasteiger partial charge < -0.3 is 10.4 Å². The van der Waals surface area contributed by atoms with Crippen molar-refractivity contribution in [2.75, 3.05) is 0 Å². The Morgan fingerprint density at radius 2 is 2.00 bits per heavy atom. The van der Waals surface area contributed by atoms with E-state index in [0.29, 0.717) is 10.3 Å². The molecule has 6 heteroatoms. The minimum Gasteiger partial charge on any atom is -0.480 e. The molecule has 0 saturated carbocycles. The maximum Gasteiger partial charge on any atom is 0.326 e. The van der Waals surface area contributed by atoms with Gasteiger partial charge in [-0.05, 0) is 35.6 Å². The normalized spacial score (nSPS) is 12.6. The number of carbonyl (C=O) groups is 2. The van der Waals surface area contributed by atoms with Crippen LogP contribution in [-0.2, 0) is 4.79 Å². The molecule has 0 radical (unpaired) electrons. The second kappa shape index (κ2) is 5.58. The monoisotopic (exact) mass is 295 g/mol. The van der Waals surface area contributed by atoms with E-state index >= 15 is 0 Å². The van der Waals surface area contributed by atoms with Crippen LogP contribution in [0.15, 0.2) is 24.3 Å². The van der Waals surface area contributed by atoms with Crippen LogP contribution >= 0.6 is 11.3 Å². The second-order valence-corrected chi connectivity index (χ2v) is 5.91. The Hall–Kier alpha value is -1.95. The Bertz CT molecular complexity index is 665. The lowest BCUT2D eigenvalue weighted by atomic mass is 10.0. The summed E-state index contributed by atoms with van der Waals surface area (Å²) in [5.74, 6) is -2.11. The van der Waals surface area contributed by atoms with Crippen molar-refractivity contribution in [3.8, 4) is 0 Å². The number of rotatable bonds is 4. The summed E-state index contributed by atoms with van der Waals surface area (Å²) in [4.78, 5) is 23.5. The summed E-state index contributed by atoms with van der Waals surface area (Å²) in [6, 6.07) is 4.90. The van der Waals surface area contributed by atoms with Gasteiger partial charge in [-0.15, -0.1) is 11.3 Å². The van der Waals surface area contributed by atoms with Crippen LogP contribution in [0.25, 0.3) is 10.1 Å². The van der Waals surface area contributed by atoms with Gasteiger partial charge in [0.2, 0.25) is 0 Å². The average Bonchev–Trinajstić information content (AvgIpc) is 2.77. The first kappa shape index (κ1) is 14.5. The zero-order valence-electron chi connectivity index (χ0n) is 11.0. The molecular formula is C14H14FNO3S. The molecular weight excluding hydrogens is 281 g/mol. The number of carboxylic acids is 1. The number of hydrogen-bond acceptors (Lipinski definition) is 3. The number of carbonyl (C=O) groups excluding carboxylic acids is 1. The smallest absolute Gasteiger partial charge is 0.326 e. The van der Waals surface area contributed by atoms with E-state index in [9.17, 15) is 14.0 Å². The highest BCUT2D eigenvalue weighted by molar-refractivity contribution is 7.20. The van der Waals surface area contributed by atoms with E-state index in [4.69, 9.17) is 5.11 Å². The molecule has 20 heavy (non-hydrogen) atoms. The highest BCUT2D eigenvalue weighted by Crippen LogP contribution is 2.26. The van der Waals surface area contributed by atoms with Crippen LogP contribution in [0.1, 0.15) is 23.5 Å². The zero-order valence-corrected chi connectivity index (χ0v) is 11.8. The maximum absolute atomic E-state index is 13.1. The first-order chi connectivity index (χ1) is 9.38. The lowest BCUT2D eigenvalue weighted by Crippen LogP contribution is -2.44. The first-order valence-corrected chi connectivity index (χ1v) is 6.93. The van der Waals surface area contributed by atoms with Crippen LogP contribution in [0, 0.1) is 11.7 Å². The molecule has 1 amide bonds. The van der Waals surface area contributed by atoms with Gasteiger partial charge in [-0.25, -0.2) is 9.18 Å².